The van der Waals surface area contributed by atoms with Crippen molar-refractivity contribution in [2.24, 2.45) is 0 Å². The molecule has 23 heavy (non-hydrogen) atoms. The summed E-state index contributed by atoms with van der Waals surface area (Å²) in [6, 6.07) is 4.65. The van der Waals surface area contributed by atoms with Gasteiger partial charge in [0.15, 0.2) is 23.2 Å². The van der Waals surface area contributed by atoms with Crippen LogP contribution in [0.25, 0.3) is 17.2 Å². The van der Waals surface area contributed by atoms with Gasteiger partial charge in [0.25, 0.3) is 0 Å². The summed E-state index contributed by atoms with van der Waals surface area (Å²) >= 11 is 0. The van der Waals surface area contributed by atoms with Crippen molar-refractivity contribution < 1.29 is 27.4 Å². The minimum absolute atomic E-state index is 0.105. The van der Waals surface area contributed by atoms with Crippen molar-refractivity contribution >= 4 is 6.08 Å². The van der Waals surface area contributed by atoms with E-state index in [4.69, 9.17) is 9.84 Å². The zero-order valence-electron chi connectivity index (χ0n) is 12.2. The van der Waals surface area contributed by atoms with Gasteiger partial charge >= 0.3 is 0 Å². The van der Waals surface area contributed by atoms with Crippen LogP contribution in [0.2, 0.25) is 0 Å². The van der Waals surface area contributed by atoms with E-state index < -0.39 is 34.4 Å². The minimum Gasteiger partial charge on any atom is -0.491 e. The molecular formula is C17H14F4O2. The van der Waals surface area contributed by atoms with Crippen molar-refractivity contribution in [1.29, 1.82) is 0 Å². The maximum Gasteiger partial charge on any atom is 0.201 e. The Balaban J connectivity index is 2.53. The van der Waals surface area contributed by atoms with Crippen LogP contribution in [-0.4, -0.2) is 18.3 Å². The smallest absolute Gasteiger partial charge is 0.201 e. The van der Waals surface area contributed by atoms with Gasteiger partial charge in [-0.2, -0.15) is 4.39 Å². The summed E-state index contributed by atoms with van der Waals surface area (Å²) in [6.45, 7) is 1.42. The monoisotopic (exact) mass is 326 g/mol. The van der Waals surface area contributed by atoms with Gasteiger partial charge in [0.1, 0.15) is 0 Å². The van der Waals surface area contributed by atoms with E-state index in [1.54, 1.807) is 6.92 Å². The van der Waals surface area contributed by atoms with Crippen LogP contribution in [0.5, 0.6) is 5.75 Å². The van der Waals surface area contributed by atoms with Crippen molar-refractivity contribution in [2.45, 2.75) is 6.92 Å². The van der Waals surface area contributed by atoms with E-state index in [9.17, 15) is 17.6 Å². The van der Waals surface area contributed by atoms with E-state index in [1.165, 1.54) is 18.2 Å². The molecule has 0 saturated carbocycles. The predicted octanol–water partition coefficient (Wildman–Crippen LogP) is 4.31. The van der Waals surface area contributed by atoms with Crippen LogP contribution in [0.15, 0.2) is 30.3 Å². The topological polar surface area (TPSA) is 29.5 Å². The van der Waals surface area contributed by atoms with E-state index >= 15 is 0 Å². The van der Waals surface area contributed by atoms with Gasteiger partial charge in [0.05, 0.1) is 13.2 Å². The Bertz CT molecular complexity index is 742. The van der Waals surface area contributed by atoms with Crippen LogP contribution >= 0.6 is 0 Å². The third-order valence-electron chi connectivity index (χ3n) is 3.15. The lowest BCUT2D eigenvalue weighted by molar-refractivity contribution is 0.314. The molecule has 0 spiro atoms. The van der Waals surface area contributed by atoms with Crippen molar-refractivity contribution in [2.75, 3.05) is 13.2 Å². The highest BCUT2D eigenvalue weighted by Crippen LogP contribution is 2.33. The zero-order chi connectivity index (χ0) is 17.0. The molecule has 2 rings (SSSR count). The Morgan fingerprint density at radius 3 is 2.13 bits per heavy atom. The van der Waals surface area contributed by atoms with E-state index in [0.717, 1.165) is 18.2 Å². The molecule has 1 N–H and O–H groups in total. The summed E-state index contributed by atoms with van der Waals surface area (Å²) < 4.78 is 61.0. The van der Waals surface area contributed by atoms with Gasteiger partial charge in [-0.05, 0) is 19.1 Å². The first-order valence-electron chi connectivity index (χ1n) is 6.87. The van der Waals surface area contributed by atoms with Crippen molar-refractivity contribution in [3.05, 3.63) is 59.2 Å². The molecule has 0 aliphatic rings. The highest BCUT2D eigenvalue weighted by Gasteiger charge is 2.20. The molecule has 0 aliphatic heterocycles. The molecule has 0 heterocycles. The van der Waals surface area contributed by atoms with Crippen molar-refractivity contribution in [3.63, 3.8) is 0 Å². The van der Waals surface area contributed by atoms with Gasteiger partial charge in [-0.25, -0.2) is 13.2 Å². The number of rotatable bonds is 5. The molecule has 2 aromatic carbocycles. The molecule has 0 radical (unpaired) electrons. The van der Waals surface area contributed by atoms with E-state index in [1.807, 2.05) is 0 Å². The lowest BCUT2D eigenvalue weighted by atomic mass is 10.0. The average Bonchev–Trinajstić information content (AvgIpc) is 2.54. The van der Waals surface area contributed by atoms with Gasteiger partial charge in [-0.1, -0.05) is 24.3 Å². The summed E-state index contributed by atoms with van der Waals surface area (Å²) in [4.78, 5) is 0. The Kier molecular flexibility index (Phi) is 5.39. The normalized spacial score (nSPS) is 11.2. The summed E-state index contributed by atoms with van der Waals surface area (Å²) in [5, 5.41) is 8.65. The summed E-state index contributed by atoms with van der Waals surface area (Å²) in [5.41, 5.74) is -0.907. The number of aliphatic hydroxyl groups is 1. The fourth-order valence-corrected chi connectivity index (χ4v) is 2.09. The second-order valence-electron chi connectivity index (χ2n) is 4.59. The maximum absolute atomic E-state index is 14.1. The lowest BCUT2D eigenvalue weighted by Gasteiger charge is -2.11. The number of benzene rings is 2. The average molecular weight is 326 g/mol. The van der Waals surface area contributed by atoms with E-state index in [2.05, 4.69) is 0 Å². The second kappa shape index (κ2) is 7.28. The number of hydrogen-bond donors (Lipinski definition) is 1. The SMILES string of the molecule is CCOc1ccc(-c2ccc(C=CCO)c(F)c2F)c(F)c1F. The fourth-order valence-electron chi connectivity index (χ4n) is 2.09. The molecule has 6 heteroatoms. The Hall–Kier alpha value is -2.34. The number of halogens is 4. The van der Waals surface area contributed by atoms with Gasteiger partial charge in [-0.15, -0.1) is 0 Å². The fraction of sp³-hybridized carbons (Fsp3) is 0.176. The van der Waals surface area contributed by atoms with Gasteiger partial charge in [-0.3, -0.25) is 0 Å². The van der Waals surface area contributed by atoms with Crippen molar-refractivity contribution in [1.82, 2.24) is 0 Å². The summed E-state index contributed by atoms with van der Waals surface area (Å²) in [5.74, 6) is -5.37. The van der Waals surface area contributed by atoms with Crippen LogP contribution in [0.4, 0.5) is 17.6 Å². The quantitative estimate of drug-likeness (QED) is 0.830. The molecule has 122 valence electrons. The van der Waals surface area contributed by atoms with E-state index in [-0.39, 0.29) is 24.5 Å². The maximum atomic E-state index is 14.1. The molecule has 0 amide bonds. The largest absolute Gasteiger partial charge is 0.491 e. The van der Waals surface area contributed by atoms with E-state index in [0.29, 0.717) is 0 Å². The molecule has 0 bridgehead atoms. The third kappa shape index (κ3) is 3.37. The Morgan fingerprint density at radius 2 is 1.52 bits per heavy atom. The molecule has 0 unspecified atom stereocenters. The van der Waals surface area contributed by atoms with Crippen LogP contribution in [0.1, 0.15) is 12.5 Å². The van der Waals surface area contributed by atoms with Gasteiger partial charge < -0.3 is 9.84 Å². The highest BCUT2D eigenvalue weighted by atomic mass is 19.2. The molecule has 2 aromatic rings. The minimum atomic E-state index is -1.31. The van der Waals surface area contributed by atoms with Crippen LogP contribution in [0, 0.1) is 23.3 Å². The molecule has 0 aromatic heterocycles. The van der Waals surface area contributed by atoms with Gasteiger partial charge in [0, 0.05) is 16.7 Å². The van der Waals surface area contributed by atoms with Crippen LogP contribution in [-0.2, 0) is 0 Å². The van der Waals surface area contributed by atoms with Crippen LogP contribution in [0.3, 0.4) is 0 Å². The molecule has 2 nitrogen and oxygen atoms in total. The van der Waals surface area contributed by atoms with Gasteiger partial charge in [0.2, 0.25) is 5.82 Å². The number of ether oxygens (including phenoxy) is 1. The van der Waals surface area contributed by atoms with Crippen molar-refractivity contribution in [3.8, 4) is 16.9 Å². The summed E-state index contributed by atoms with van der Waals surface area (Å²) in [7, 11) is 0. The Morgan fingerprint density at radius 1 is 0.913 bits per heavy atom. The first-order valence-corrected chi connectivity index (χ1v) is 6.87. The molecule has 0 saturated heterocycles. The molecule has 0 atom stereocenters. The highest BCUT2D eigenvalue weighted by molar-refractivity contribution is 5.68. The lowest BCUT2D eigenvalue weighted by Crippen LogP contribution is -2.00. The number of aliphatic hydroxyl groups excluding tert-OH is 1. The predicted molar refractivity (Wildman–Crippen MR) is 79.0 cm³/mol. The number of hydrogen-bond acceptors (Lipinski definition) is 2. The summed E-state index contributed by atoms with van der Waals surface area (Å²) in [6.07, 6.45) is 2.42. The first kappa shape index (κ1) is 17.0. The molecule has 0 aliphatic carbocycles. The second-order valence-corrected chi connectivity index (χ2v) is 4.59. The standard InChI is InChI=1S/C17H14F4O2/c1-2-23-13-8-7-12(16(20)17(13)21)11-6-5-10(4-3-9-22)14(18)15(11)19/h3-8,22H,2,9H2,1H3. The third-order valence-corrected chi connectivity index (χ3v) is 3.15. The van der Waals surface area contributed by atoms with Crippen LogP contribution < -0.4 is 4.74 Å². The zero-order valence-corrected chi connectivity index (χ0v) is 12.2. The first-order chi connectivity index (χ1) is 11.0. The Labute approximate surface area is 130 Å². The molecule has 0 fully saturated rings. The molecular weight excluding hydrogens is 312 g/mol.